The molecule has 1 rings (SSSR count). The Hall–Kier alpha value is -1.66. The number of terminal acetylenes is 1. The van der Waals surface area contributed by atoms with Crippen molar-refractivity contribution in [2.45, 2.75) is 13.0 Å². The van der Waals surface area contributed by atoms with Gasteiger partial charge in [-0.1, -0.05) is 12.0 Å². The molecular formula is C12H15NO2. The highest BCUT2D eigenvalue weighted by atomic mass is 16.3. The largest absolute Gasteiger partial charge is 0.507 e. The average molecular weight is 205 g/mol. The molecule has 0 bridgehead atoms. The van der Waals surface area contributed by atoms with E-state index in [1.54, 1.807) is 19.1 Å². The maximum absolute atomic E-state index is 9.64. The van der Waals surface area contributed by atoms with E-state index in [1.807, 2.05) is 18.0 Å². The fourth-order valence-electron chi connectivity index (χ4n) is 1.35. The highest BCUT2D eigenvalue weighted by Gasteiger charge is 2.09. The molecule has 1 aromatic rings. The number of rotatable bonds is 3. The number of nitrogens with zero attached hydrogens (tertiary/aromatic N) is 1. The van der Waals surface area contributed by atoms with Crippen LogP contribution < -0.4 is 4.90 Å². The number of aliphatic hydroxyl groups is 1. The molecule has 0 aliphatic carbocycles. The predicted molar refractivity (Wildman–Crippen MR) is 60.8 cm³/mol. The van der Waals surface area contributed by atoms with Crippen LogP contribution in [-0.4, -0.2) is 23.8 Å². The summed E-state index contributed by atoms with van der Waals surface area (Å²) < 4.78 is 0. The lowest BCUT2D eigenvalue weighted by molar-refractivity contribution is 0.195. The lowest BCUT2D eigenvalue weighted by Crippen LogP contribution is -2.16. The minimum atomic E-state index is -0.669. The molecule has 0 fully saturated rings. The number of phenols is 1. The monoisotopic (exact) mass is 205 g/mol. The first-order chi connectivity index (χ1) is 7.06. The second kappa shape index (κ2) is 4.72. The Morgan fingerprint density at radius 1 is 1.53 bits per heavy atom. The molecule has 80 valence electrons. The normalized spacial score (nSPS) is 11.9. The number of aromatic hydroxyl groups is 1. The van der Waals surface area contributed by atoms with E-state index in [-0.39, 0.29) is 5.75 Å². The van der Waals surface area contributed by atoms with Crippen LogP contribution in [0.15, 0.2) is 18.2 Å². The van der Waals surface area contributed by atoms with Gasteiger partial charge < -0.3 is 15.1 Å². The number of phenolic OH excluding ortho intramolecular Hbond substituents is 1. The van der Waals surface area contributed by atoms with Gasteiger partial charge in [-0.2, -0.15) is 0 Å². The number of benzene rings is 1. The third kappa shape index (κ3) is 2.64. The van der Waals surface area contributed by atoms with Crippen LogP contribution in [0.5, 0.6) is 5.75 Å². The minimum absolute atomic E-state index is 0.0892. The molecule has 15 heavy (non-hydrogen) atoms. The van der Waals surface area contributed by atoms with Crippen LogP contribution in [0.1, 0.15) is 18.6 Å². The Kier molecular flexibility index (Phi) is 3.59. The highest BCUT2D eigenvalue weighted by Crippen LogP contribution is 2.28. The van der Waals surface area contributed by atoms with Gasteiger partial charge in [-0.25, -0.2) is 0 Å². The fourth-order valence-corrected chi connectivity index (χ4v) is 1.35. The van der Waals surface area contributed by atoms with Crippen LogP contribution in [0.25, 0.3) is 0 Å². The Labute approximate surface area is 90.0 Å². The molecule has 0 aromatic heterocycles. The van der Waals surface area contributed by atoms with Crippen molar-refractivity contribution in [2.24, 2.45) is 0 Å². The summed E-state index contributed by atoms with van der Waals surface area (Å²) in [4.78, 5) is 1.84. The molecule has 2 N–H and O–H groups in total. The van der Waals surface area contributed by atoms with Crippen LogP contribution in [0.2, 0.25) is 0 Å². The van der Waals surface area contributed by atoms with Crippen LogP contribution in [0, 0.1) is 12.3 Å². The van der Waals surface area contributed by atoms with Gasteiger partial charge in [0, 0.05) is 24.4 Å². The summed E-state index contributed by atoms with van der Waals surface area (Å²) in [7, 11) is 1.84. The van der Waals surface area contributed by atoms with E-state index in [4.69, 9.17) is 6.42 Å². The van der Waals surface area contributed by atoms with Crippen molar-refractivity contribution in [2.75, 3.05) is 18.5 Å². The summed E-state index contributed by atoms with van der Waals surface area (Å²) in [6, 6.07) is 5.11. The van der Waals surface area contributed by atoms with E-state index in [9.17, 15) is 10.2 Å². The summed E-state index contributed by atoms with van der Waals surface area (Å²) >= 11 is 0. The molecule has 0 radical (unpaired) electrons. The fraction of sp³-hybridized carbons (Fsp3) is 0.333. The SMILES string of the molecule is C#CCN(C)c1ccc(C(C)O)c(O)c1. The average Bonchev–Trinajstić information content (AvgIpc) is 2.17. The molecule has 0 aliphatic heterocycles. The van der Waals surface area contributed by atoms with E-state index in [1.165, 1.54) is 0 Å². The lowest BCUT2D eigenvalue weighted by atomic mass is 10.1. The third-order valence-electron chi connectivity index (χ3n) is 2.23. The molecule has 1 atom stereocenters. The van der Waals surface area contributed by atoms with Gasteiger partial charge in [0.05, 0.1) is 12.6 Å². The van der Waals surface area contributed by atoms with Crippen molar-refractivity contribution in [3.63, 3.8) is 0 Å². The maximum Gasteiger partial charge on any atom is 0.123 e. The third-order valence-corrected chi connectivity index (χ3v) is 2.23. The molecule has 0 saturated carbocycles. The minimum Gasteiger partial charge on any atom is -0.507 e. The van der Waals surface area contributed by atoms with Crippen molar-refractivity contribution in [3.05, 3.63) is 23.8 Å². The molecule has 1 unspecified atom stereocenters. The van der Waals surface area contributed by atoms with Gasteiger partial charge in [-0.05, 0) is 13.0 Å². The van der Waals surface area contributed by atoms with Crippen molar-refractivity contribution in [1.29, 1.82) is 0 Å². The summed E-state index contributed by atoms with van der Waals surface area (Å²) in [5.74, 6) is 2.61. The molecule has 0 spiro atoms. The van der Waals surface area contributed by atoms with Crippen molar-refractivity contribution >= 4 is 5.69 Å². The molecule has 1 aromatic carbocycles. The Morgan fingerprint density at radius 3 is 2.67 bits per heavy atom. The first kappa shape index (κ1) is 11.4. The van der Waals surface area contributed by atoms with Gasteiger partial charge in [0.15, 0.2) is 0 Å². The van der Waals surface area contributed by atoms with Crippen LogP contribution in [-0.2, 0) is 0 Å². The zero-order valence-electron chi connectivity index (χ0n) is 8.94. The molecule has 0 aliphatic rings. The highest BCUT2D eigenvalue weighted by molar-refractivity contribution is 5.53. The number of aliphatic hydroxyl groups excluding tert-OH is 1. The molecule has 3 heteroatoms. The summed E-state index contributed by atoms with van der Waals surface area (Å²) in [5, 5.41) is 19.0. The van der Waals surface area contributed by atoms with E-state index < -0.39 is 6.10 Å². The van der Waals surface area contributed by atoms with Gasteiger partial charge in [-0.15, -0.1) is 6.42 Å². The maximum atomic E-state index is 9.64. The summed E-state index contributed by atoms with van der Waals surface area (Å²) in [6.07, 6.45) is 4.52. The smallest absolute Gasteiger partial charge is 0.123 e. The Balaban J connectivity index is 2.97. The van der Waals surface area contributed by atoms with Gasteiger partial charge in [0.25, 0.3) is 0 Å². The predicted octanol–water partition coefficient (Wildman–Crippen LogP) is 1.51. The van der Waals surface area contributed by atoms with E-state index in [0.717, 1.165) is 5.69 Å². The van der Waals surface area contributed by atoms with Crippen LogP contribution >= 0.6 is 0 Å². The molecule has 0 amide bonds. The van der Waals surface area contributed by atoms with E-state index in [2.05, 4.69) is 5.92 Å². The first-order valence-corrected chi connectivity index (χ1v) is 4.72. The molecule has 0 heterocycles. The zero-order valence-corrected chi connectivity index (χ0v) is 8.94. The van der Waals surface area contributed by atoms with E-state index in [0.29, 0.717) is 12.1 Å². The quantitative estimate of drug-likeness (QED) is 0.735. The molecule has 0 saturated heterocycles. The summed E-state index contributed by atoms with van der Waals surface area (Å²) in [6.45, 7) is 2.09. The van der Waals surface area contributed by atoms with Crippen LogP contribution in [0.3, 0.4) is 0 Å². The standard InChI is InChI=1S/C12H15NO2/c1-4-7-13(3)10-5-6-11(9(2)14)12(15)8-10/h1,5-6,8-9,14-15H,7H2,2-3H3. The van der Waals surface area contributed by atoms with Crippen LogP contribution in [0.4, 0.5) is 5.69 Å². The number of anilines is 1. The van der Waals surface area contributed by atoms with Gasteiger partial charge in [0.1, 0.15) is 5.75 Å². The Bertz CT molecular complexity index is 380. The number of hydrogen-bond donors (Lipinski definition) is 2. The topological polar surface area (TPSA) is 43.7 Å². The number of hydrogen-bond acceptors (Lipinski definition) is 3. The summed E-state index contributed by atoms with van der Waals surface area (Å²) in [5.41, 5.74) is 1.35. The zero-order chi connectivity index (χ0) is 11.4. The lowest BCUT2D eigenvalue weighted by Gasteiger charge is -2.17. The van der Waals surface area contributed by atoms with Crippen molar-refractivity contribution in [3.8, 4) is 18.1 Å². The van der Waals surface area contributed by atoms with Gasteiger partial charge in [-0.3, -0.25) is 0 Å². The van der Waals surface area contributed by atoms with Gasteiger partial charge in [0.2, 0.25) is 0 Å². The Morgan fingerprint density at radius 2 is 2.20 bits per heavy atom. The van der Waals surface area contributed by atoms with E-state index >= 15 is 0 Å². The van der Waals surface area contributed by atoms with Crippen molar-refractivity contribution < 1.29 is 10.2 Å². The second-order valence-corrected chi connectivity index (χ2v) is 3.48. The van der Waals surface area contributed by atoms with Crippen molar-refractivity contribution in [1.82, 2.24) is 0 Å². The second-order valence-electron chi connectivity index (χ2n) is 3.48. The molecule has 3 nitrogen and oxygen atoms in total. The molecular weight excluding hydrogens is 190 g/mol. The first-order valence-electron chi connectivity index (χ1n) is 4.72. The van der Waals surface area contributed by atoms with Gasteiger partial charge >= 0.3 is 0 Å².